The highest BCUT2D eigenvalue weighted by atomic mass is 16.1. The number of amides is 1. The van der Waals surface area contributed by atoms with E-state index in [0.717, 1.165) is 0 Å². The summed E-state index contributed by atoms with van der Waals surface area (Å²) >= 11 is 0. The summed E-state index contributed by atoms with van der Waals surface area (Å²) in [5.41, 5.74) is 0. The summed E-state index contributed by atoms with van der Waals surface area (Å²) in [6, 6.07) is -0.264. The minimum Gasteiger partial charge on any atom is -0.304 e. The van der Waals surface area contributed by atoms with Crippen molar-refractivity contribution >= 4 is 5.91 Å². The van der Waals surface area contributed by atoms with Gasteiger partial charge in [0.1, 0.15) is 0 Å². The van der Waals surface area contributed by atoms with Gasteiger partial charge in [-0.2, -0.15) is 4.79 Å². The van der Waals surface area contributed by atoms with Gasteiger partial charge in [0.15, 0.2) is 6.04 Å². The van der Waals surface area contributed by atoms with E-state index in [2.05, 4.69) is 16.7 Å². The first kappa shape index (κ1) is 7.12. The smallest absolute Gasteiger partial charge is 0.304 e. The first-order chi connectivity index (χ1) is 3.72. The molecule has 0 aliphatic heterocycles. The van der Waals surface area contributed by atoms with Crippen molar-refractivity contribution in [3.8, 4) is 6.57 Å². The topological polar surface area (TPSA) is 33.5 Å². The first-order valence-electron chi connectivity index (χ1n) is 2.34. The molecule has 0 spiro atoms. The summed E-state index contributed by atoms with van der Waals surface area (Å²) in [5, 5.41) is 2.69. The monoisotopic (exact) mass is 113 g/mol. The summed E-state index contributed by atoms with van der Waals surface area (Å²) in [5.74, 6) is -0.326. The second-order valence-corrected chi connectivity index (χ2v) is 1.48. The molecular weight excluding hydrogens is 104 g/mol. The minimum absolute atomic E-state index is 0.264. The van der Waals surface area contributed by atoms with Crippen molar-refractivity contribution in [2.45, 2.75) is 13.0 Å². The standard InChI is InChI=1S/C5H9N2O/c1-4(6-2)5(8)7-3/h3-4,6H,1-2H3/q+1. The van der Waals surface area contributed by atoms with Gasteiger partial charge >= 0.3 is 5.91 Å². The third kappa shape index (κ3) is 1.71. The lowest BCUT2D eigenvalue weighted by molar-refractivity contribution is -0.116. The summed E-state index contributed by atoms with van der Waals surface area (Å²) in [7, 11) is 1.67. The highest BCUT2D eigenvalue weighted by Gasteiger charge is 2.18. The molecule has 8 heavy (non-hydrogen) atoms. The Morgan fingerprint density at radius 2 is 2.38 bits per heavy atom. The maximum absolute atomic E-state index is 10.4. The Kier molecular flexibility index (Phi) is 2.82. The van der Waals surface area contributed by atoms with E-state index in [0.29, 0.717) is 0 Å². The van der Waals surface area contributed by atoms with Crippen LogP contribution in [0.2, 0.25) is 0 Å². The Morgan fingerprint density at radius 3 is 2.50 bits per heavy atom. The van der Waals surface area contributed by atoms with Crippen LogP contribution in [0.4, 0.5) is 0 Å². The van der Waals surface area contributed by atoms with Crippen LogP contribution in [0.25, 0.3) is 4.85 Å². The molecule has 0 aliphatic rings. The van der Waals surface area contributed by atoms with Crippen molar-refractivity contribution in [1.82, 2.24) is 5.32 Å². The van der Waals surface area contributed by atoms with E-state index in [4.69, 9.17) is 0 Å². The third-order valence-electron chi connectivity index (χ3n) is 0.931. The van der Waals surface area contributed by atoms with Gasteiger partial charge in [0.05, 0.1) is 0 Å². The summed E-state index contributed by atoms with van der Waals surface area (Å²) in [4.78, 5) is 13.3. The Bertz CT molecular complexity index is 125. The zero-order valence-electron chi connectivity index (χ0n) is 5.01. The lowest BCUT2D eigenvalue weighted by Crippen LogP contribution is -2.28. The average molecular weight is 113 g/mol. The Labute approximate surface area is 48.5 Å². The molecule has 3 heteroatoms. The molecule has 0 radical (unpaired) electrons. The number of carbonyl (C=O) groups is 1. The van der Waals surface area contributed by atoms with E-state index < -0.39 is 0 Å². The van der Waals surface area contributed by atoms with E-state index in [1.165, 1.54) is 0 Å². The van der Waals surface area contributed by atoms with Gasteiger partial charge in [0, 0.05) is 4.85 Å². The maximum Gasteiger partial charge on any atom is 0.531 e. The van der Waals surface area contributed by atoms with Gasteiger partial charge in [0.25, 0.3) is 6.57 Å². The van der Waals surface area contributed by atoms with E-state index in [-0.39, 0.29) is 11.9 Å². The van der Waals surface area contributed by atoms with Crippen LogP contribution in [0, 0.1) is 6.57 Å². The highest BCUT2D eigenvalue weighted by Crippen LogP contribution is 1.81. The van der Waals surface area contributed by atoms with E-state index in [1.54, 1.807) is 14.0 Å². The van der Waals surface area contributed by atoms with Crippen LogP contribution < -0.4 is 5.32 Å². The molecule has 0 aromatic heterocycles. The van der Waals surface area contributed by atoms with Crippen molar-refractivity contribution in [2.75, 3.05) is 7.05 Å². The number of nitrogens with one attached hydrogen (secondary N) is 1. The van der Waals surface area contributed by atoms with Crippen LogP contribution in [0.5, 0.6) is 0 Å². The van der Waals surface area contributed by atoms with Crippen molar-refractivity contribution in [1.29, 1.82) is 0 Å². The van der Waals surface area contributed by atoms with Crippen LogP contribution in [-0.4, -0.2) is 19.0 Å². The maximum atomic E-state index is 10.4. The third-order valence-corrected chi connectivity index (χ3v) is 0.931. The van der Waals surface area contributed by atoms with Crippen LogP contribution in [0.1, 0.15) is 6.92 Å². The normalized spacial score (nSPS) is 12.1. The average Bonchev–Trinajstić information content (AvgIpc) is 1.84. The largest absolute Gasteiger partial charge is 0.531 e. The lowest BCUT2D eigenvalue weighted by atomic mass is 10.3. The first-order valence-corrected chi connectivity index (χ1v) is 2.34. The molecular formula is C5H9N2O+. The predicted octanol–water partition coefficient (Wildman–Crippen LogP) is 0.0836. The van der Waals surface area contributed by atoms with Crippen molar-refractivity contribution < 1.29 is 4.79 Å². The van der Waals surface area contributed by atoms with Crippen LogP contribution in [0.3, 0.4) is 0 Å². The zero-order chi connectivity index (χ0) is 6.57. The quantitative estimate of drug-likeness (QED) is 0.550. The molecule has 0 bridgehead atoms. The van der Waals surface area contributed by atoms with Gasteiger partial charge in [-0.15, -0.1) is 0 Å². The number of nitrogens with zero attached hydrogens (tertiary/aromatic N) is 1. The number of carbonyl (C=O) groups excluding carboxylic acids is 1. The van der Waals surface area contributed by atoms with Gasteiger partial charge < -0.3 is 5.32 Å². The Hall–Kier alpha value is -0.880. The molecule has 0 aromatic rings. The molecule has 0 saturated carbocycles. The molecule has 1 N–H and O–H groups in total. The van der Waals surface area contributed by atoms with E-state index in [9.17, 15) is 4.79 Å². The lowest BCUT2D eigenvalue weighted by Gasteiger charge is -1.92. The fourth-order valence-electron chi connectivity index (χ4n) is 0.235. The van der Waals surface area contributed by atoms with Gasteiger partial charge in [-0.3, -0.25) is 0 Å². The molecule has 0 rings (SSSR count). The molecule has 0 saturated heterocycles. The predicted molar refractivity (Wildman–Crippen MR) is 31.8 cm³/mol. The van der Waals surface area contributed by atoms with Crippen molar-refractivity contribution in [2.24, 2.45) is 0 Å². The minimum atomic E-state index is -0.326. The fraction of sp³-hybridized carbons (Fsp3) is 0.600. The molecule has 0 fully saturated rings. The molecule has 3 nitrogen and oxygen atoms in total. The molecule has 1 atom stereocenters. The Balaban J connectivity index is 3.68. The number of rotatable bonds is 2. The summed E-state index contributed by atoms with van der Waals surface area (Å²) < 4.78 is 0. The zero-order valence-corrected chi connectivity index (χ0v) is 5.01. The Morgan fingerprint density at radius 1 is 1.88 bits per heavy atom. The number of likely N-dealkylation sites (N-methyl/N-ethyl adjacent to an activating group) is 1. The summed E-state index contributed by atoms with van der Waals surface area (Å²) in [6.07, 6.45) is 0. The van der Waals surface area contributed by atoms with Gasteiger partial charge in [-0.05, 0) is 14.0 Å². The highest BCUT2D eigenvalue weighted by molar-refractivity contribution is 5.90. The molecule has 1 amide bonds. The van der Waals surface area contributed by atoms with E-state index >= 15 is 0 Å². The second-order valence-electron chi connectivity index (χ2n) is 1.48. The second kappa shape index (κ2) is 3.16. The SMILES string of the molecule is C#[N+]C(=O)C(C)NC. The van der Waals surface area contributed by atoms with Gasteiger partial charge in [0.2, 0.25) is 0 Å². The molecule has 0 aliphatic carbocycles. The molecule has 0 heterocycles. The fourth-order valence-corrected chi connectivity index (χ4v) is 0.235. The number of hydrogen-bond acceptors (Lipinski definition) is 2. The van der Waals surface area contributed by atoms with Crippen LogP contribution in [-0.2, 0) is 4.79 Å². The van der Waals surface area contributed by atoms with Gasteiger partial charge in [-0.25, -0.2) is 0 Å². The van der Waals surface area contributed by atoms with Crippen molar-refractivity contribution in [3.05, 3.63) is 4.85 Å². The summed E-state index contributed by atoms with van der Waals surface area (Å²) in [6.45, 7) is 6.38. The van der Waals surface area contributed by atoms with Gasteiger partial charge in [-0.1, -0.05) is 0 Å². The van der Waals surface area contributed by atoms with Crippen LogP contribution >= 0.6 is 0 Å². The number of hydrogen-bond donors (Lipinski definition) is 1. The molecule has 44 valence electrons. The van der Waals surface area contributed by atoms with E-state index in [1.807, 2.05) is 0 Å². The molecule has 1 unspecified atom stereocenters. The van der Waals surface area contributed by atoms with Crippen LogP contribution in [0.15, 0.2) is 0 Å². The molecule has 0 aromatic carbocycles. The van der Waals surface area contributed by atoms with Crippen molar-refractivity contribution in [3.63, 3.8) is 0 Å².